The Kier molecular flexibility index (Phi) is 4.33. The fourth-order valence-corrected chi connectivity index (χ4v) is 2.54. The van der Waals surface area contributed by atoms with Gasteiger partial charge in [0.2, 0.25) is 5.91 Å². The van der Waals surface area contributed by atoms with Crippen LogP contribution >= 0.6 is 0 Å². The normalized spacial score (nSPS) is 20.7. The molecule has 1 fully saturated rings. The fraction of sp³-hybridized carbons (Fsp3) is 0.500. The van der Waals surface area contributed by atoms with E-state index < -0.39 is 0 Å². The topological polar surface area (TPSA) is 49.6 Å². The summed E-state index contributed by atoms with van der Waals surface area (Å²) in [6.45, 7) is 4.24. The van der Waals surface area contributed by atoms with Crippen LogP contribution < -0.4 is 5.73 Å². The monoisotopic (exact) mass is 247 g/mol. The first-order chi connectivity index (χ1) is 8.77. The summed E-state index contributed by atoms with van der Waals surface area (Å²) < 4.78 is 0. The molecule has 1 atom stereocenters. The lowest BCUT2D eigenvalue weighted by Crippen LogP contribution is -2.40. The maximum Gasteiger partial charge on any atom is 0.238 e. The van der Waals surface area contributed by atoms with E-state index in [-0.39, 0.29) is 11.9 Å². The molecule has 1 amide bonds. The van der Waals surface area contributed by atoms with Crippen LogP contribution in [0.15, 0.2) is 30.3 Å². The highest BCUT2D eigenvalue weighted by atomic mass is 16.2. The Balaban J connectivity index is 2.20. The minimum Gasteiger partial charge on any atom is -0.330 e. The summed E-state index contributed by atoms with van der Waals surface area (Å²) in [6.07, 6.45) is 1.48. The van der Waals surface area contributed by atoms with E-state index in [0.29, 0.717) is 13.0 Å². The lowest BCUT2D eigenvalue weighted by atomic mass is 10.0. The zero-order valence-corrected chi connectivity index (χ0v) is 10.9. The van der Waals surface area contributed by atoms with Gasteiger partial charge in [0.15, 0.2) is 0 Å². The maximum atomic E-state index is 12.0. The molecule has 1 aromatic carbocycles. The second-order valence-electron chi connectivity index (χ2n) is 4.55. The Hall–Kier alpha value is -1.39. The standard InChI is InChI=1S/C14H21N3O/c1-2-16-14(18)11-13(17(16)10-6-9-15)12-7-4-3-5-8-12/h3-5,7-8,13H,2,6,9-11,15H2,1H3. The van der Waals surface area contributed by atoms with Crippen LogP contribution in [0.1, 0.15) is 31.4 Å². The zero-order chi connectivity index (χ0) is 13.0. The van der Waals surface area contributed by atoms with Crippen LogP contribution in [-0.4, -0.2) is 35.6 Å². The molecule has 18 heavy (non-hydrogen) atoms. The van der Waals surface area contributed by atoms with E-state index in [9.17, 15) is 4.79 Å². The second-order valence-corrected chi connectivity index (χ2v) is 4.55. The van der Waals surface area contributed by atoms with Crippen LogP contribution in [-0.2, 0) is 4.79 Å². The number of amides is 1. The number of carbonyl (C=O) groups is 1. The molecular formula is C14H21N3O. The first-order valence-corrected chi connectivity index (χ1v) is 6.59. The molecule has 1 saturated heterocycles. The number of hydrogen-bond acceptors (Lipinski definition) is 3. The molecule has 98 valence electrons. The molecule has 2 N–H and O–H groups in total. The summed E-state index contributed by atoms with van der Waals surface area (Å²) in [5.41, 5.74) is 6.79. The van der Waals surface area contributed by atoms with Crippen LogP contribution in [0.5, 0.6) is 0 Å². The number of hydrogen-bond donors (Lipinski definition) is 1. The third kappa shape index (κ3) is 2.54. The molecule has 1 aliphatic rings. The van der Waals surface area contributed by atoms with E-state index in [2.05, 4.69) is 17.1 Å². The molecule has 0 saturated carbocycles. The summed E-state index contributed by atoms with van der Waals surface area (Å²) in [7, 11) is 0. The molecule has 1 heterocycles. The SMILES string of the molecule is CCN1C(=O)CC(c2ccccc2)N1CCCN. The summed E-state index contributed by atoms with van der Waals surface area (Å²) in [4.78, 5) is 12.0. The molecule has 4 nitrogen and oxygen atoms in total. The van der Waals surface area contributed by atoms with Gasteiger partial charge >= 0.3 is 0 Å². The molecule has 0 aromatic heterocycles. The zero-order valence-electron chi connectivity index (χ0n) is 10.9. The summed E-state index contributed by atoms with van der Waals surface area (Å²) >= 11 is 0. The van der Waals surface area contributed by atoms with Crippen molar-refractivity contribution >= 4 is 5.91 Å². The molecule has 2 rings (SSSR count). The summed E-state index contributed by atoms with van der Waals surface area (Å²) in [5.74, 6) is 0.211. The van der Waals surface area contributed by atoms with Crippen molar-refractivity contribution in [1.82, 2.24) is 10.0 Å². The molecule has 1 aromatic rings. The van der Waals surface area contributed by atoms with Gasteiger partial charge in [-0.05, 0) is 25.5 Å². The van der Waals surface area contributed by atoms with Gasteiger partial charge in [0, 0.05) is 19.5 Å². The minimum atomic E-state index is 0.171. The van der Waals surface area contributed by atoms with Crippen LogP contribution in [0.4, 0.5) is 0 Å². The summed E-state index contributed by atoms with van der Waals surface area (Å²) in [5, 5.41) is 4.03. The van der Waals surface area contributed by atoms with Crippen molar-refractivity contribution in [2.24, 2.45) is 5.73 Å². The van der Waals surface area contributed by atoms with E-state index in [4.69, 9.17) is 5.73 Å². The molecule has 0 spiro atoms. The lowest BCUT2D eigenvalue weighted by Gasteiger charge is -2.31. The average Bonchev–Trinajstić information content (AvgIpc) is 2.73. The third-order valence-electron chi connectivity index (χ3n) is 3.40. The molecular weight excluding hydrogens is 226 g/mol. The number of carbonyl (C=O) groups excluding carboxylic acids is 1. The van der Waals surface area contributed by atoms with E-state index in [1.54, 1.807) is 0 Å². The van der Waals surface area contributed by atoms with Crippen molar-refractivity contribution in [3.8, 4) is 0 Å². The highest BCUT2D eigenvalue weighted by Crippen LogP contribution is 2.32. The Morgan fingerprint density at radius 1 is 1.33 bits per heavy atom. The molecule has 0 aliphatic carbocycles. The largest absolute Gasteiger partial charge is 0.330 e. The van der Waals surface area contributed by atoms with E-state index in [0.717, 1.165) is 19.5 Å². The predicted octanol–water partition coefficient (Wildman–Crippen LogP) is 1.55. The van der Waals surface area contributed by atoms with E-state index in [1.165, 1.54) is 5.56 Å². The minimum absolute atomic E-state index is 0.171. The highest BCUT2D eigenvalue weighted by molar-refractivity contribution is 5.78. The van der Waals surface area contributed by atoms with Gasteiger partial charge in [0.25, 0.3) is 0 Å². The van der Waals surface area contributed by atoms with Crippen molar-refractivity contribution < 1.29 is 4.79 Å². The summed E-state index contributed by atoms with van der Waals surface area (Å²) in [6, 6.07) is 10.4. The Bertz CT molecular complexity index is 393. The van der Waals surface area contributed by atoms with Crippen LogP contribution in [0.2, 0.25) is 0 Å². The van der Waals surface area contributed by atoms with Gasteiger partial charge < -0.3 is 5.73 Å². The van der Waals surface area contributed by atoms with Gasteiger partial charge in [-0.1, -0.05) is 30.3 Å². The number of rotatable bonds is 5. The van der Waals surface area contributed by atoms with Crippen LogP contribution in [0, 0.1) is 0 Å². The average molecular weight is 247 g/mol. The Morgan fingerprint density at radius 2 is 2.06 bits per heavy atom. The third-order valence-corrected chi connectivity index (χ3v) is 3.40. The predicted molar refractivity (Wildman–Crippen MR) is 71.6 cm³/mol. The van der Waals surface area contributed by atoms with Gasteiger partial charge in [-0.25, -0.2) is 5.01 Å². The highest BCUT2D eigenvalue weighted by Gasteiger charge is 2.36. The maximum absolute atomic E-state index is 12.0. The molecule has 0 bridgehead atoms. The number of nitrogens with two attached hydrogens (primary N) is 1. The van der Waals surface area contributed by atoms with Crippen molar-refractivity contribution in [3.63, 3.8) is 0 Å². The van der Waals surface area contributed by atoms with Gasteiger partial charge in [-0.3, -0.25) is 9.80 Å². The van der Waals surface area contributed by atoms with Crippen LogP contribution in [0.3, 0.4) is 0 Å². The van der Waals surface area contributed by atoms with Crippen LogP contribution in [0.25, 0.3) is 0 Å². The Labute approximate surface area is 108 Å². The first kappa shape index (κ1) is 13.1. The second kappa shape index (κ2) is 5.98. The molecule has 4 heteroatoms. The van der Waals surface area contributed by atoms with Crippen molar-refractivity contribution in [2.75, 3.05) is 19.6 Å². The first-order valence-electron chi connectivity index (χ1n) is 6.59. The van der Waals surface area contributed by atoms with Crippen molar-refractivity contribution in [3.05, 3.63) is 35.9 Å². The van der Waals surface area contributed by atoms with Gasteiger partial charge in [0.05, 0.1) is 6.04 Å². The van der Waals surface area contributed by atoms with E-state index in [1.807, 2.05) is 30.1 Å². The Morgan fingerprint density at radius 3 is 2.67 bits per heavy atom. The van der Waals surface area contributed by atoms with Gasteiger partial charge in [-0.15, -0.1) is 0 Å². The molecule has 1 aliphatic heterocycles. The van der Waals surface area contributed by atoms with Gasteiger partial charge in [0.1, 0.15) is 0 Å². The lowest BCUT2D eigenvalue weighted by molar-refractivity contribution is -0.138. The fourth-order valence-electron chi connectivity index (χ4n) is 2.54. The molecule has 1 unspecified atom stereocenters. The number of nitrogens with zero attached hydrogens (tertiary/aromatic N) is 2. The van der Waals surface area contributed by atoms with Gasteiger partial charge in [-0.2, -0.15) is 0 Å². The molecule has 0 radical (unpaired) electrons. The number of hydrazine groups is 1. The quantitative estimate of drug-likeness (QED) is 0.858. The number of benzene rings is 1. The van der Waals surface area contributed by atoms with Crippen molar-refractivity contribution in [2.45, 2.75) is 25.8 Å². The van der Waals surface area contributed by atoms with Crippen molar-refractivity contribution in [1.29, 1.82) is 0 Å². The smallest absolute Gasteiger partial charge is 0.238 e. The van der Waals surface area contributed by atoms with E-state index >= 15 is 0 Å².